The molecular formula is C17H21N3O5. The summed E-state index contributed by atoms with van der Waals surface area (Å²) in [4.78, 5) is 37.0. The first-order valence-corrected chi connectivity index (χ1v) is 8.00. The molecule has 1 unspecified atom stereocenters. The van der Waals surface area contributed by atoms with Crippen molar-refractivity contribution in [2.45, 2.75) is 26.3 Å². The van der Waals surface area contributed by atoms with Crippen LogP contribution in [0.15, 0.2) is 35.6 Å². The number of nitrogens with two attached hydrogens (primary N) is 1. The summed E-state index contributed by atoms with van der Waals surface area (Å²) in [6.07, 6.45) is 0.125. The van der Waals surface area contributed by atoms with Crippen molar-refractivity contribution in [3.63, 3.8) is 0 Å². The predicted molar refractivity (Wildman–Crippen MR) is 90.7 cm³/mol. The van der Waals surface area contributed by atoms with Crippen LogP contribution in [0.4, 0.5) is 5.69 Å². The van der Waals surface area contributed by atoms with Gasteiger partial charge in [-0.05, 0) is 12.0 Å². The number of carbonyl (C=O) groups is 2. The van der Waals surface area contributed by atoms with Crippen LogP contribution < -0.4 is 5.73 Å². The number of ketones is 1. The summed E-state index contributed by atoms with van der Waals surface area (Å²) in [7, 11) is 0. The quantitative estimate of drug-likeness (QED) is 0.572. The molecule has 8 nitrogen and oxygen atoms in total. The fourth-order valence-electron chi connectivity index (χ4n) is 3.00. The van der Waals surface area contributed by atoms with Gasteiger partial charge in [0, 0.05) is 25.6 Å². The molecule has 1 aliphatic heterocycles. The highest BCUT2D eigenvalue weighted by Gasteiger charge is 2.45. The summed E-state index contributed by atoms with van der Waals surface area (Å²) in [6.45, 7) is 3.84. The standard InChI is InChI=1S/C17H21N3O5/c1-10(2)9-13(21)14-15(19(8-7-18)17(23)16(14)22)11-5-3-4-6-12(11)20(24)25/h3-6,10,15,22H,7-9,18H2,1-2H3. The molecule has 3 N–H and O–H groups in total. The van der Waals surface area contributed by atoms with E-state index in [1.807, 2.05) is 13.8 Å². The molecule has 0 fully saturated rings. The molecule has 0 aliphatic carbocycles. The number of Topliss-reactive ketones (excluding diaryl/α,β-unsaturated/α-hetero) is 1. The fourth-order valence-corrected chi connectivity index (χ4v) is 3.00. The molecule has 0 aromatic heterocycles. The molecule has 0 saturated heterocycles. The van der Waals surface area contributed by atoms with Gasteiger partial charge in [0.1, 0.15) is 0 Å². The van der Waals surface area contributed by atoms with E-state index in [4.69, 9.17) is 5.73 Å². The fraction of sp³-hybridized carbons (Fsp3) is 0.412. The van der Waals surface area contributed by atoms with Gasteiger partial charge in [-0.2, -0.15) is 0 Å². The first-order chi connectivity index (χ1) is 11.8. The van der Waals surface area contributed by atoms with Gasteiger partial charge in [-0.1, -0.05) is 26.0 Å². The number of benzene rings is 1. The summed E-state index contributed by atoms with van der Waals surface area (Å²) in [5.41, 5.74) is 5.42. The van der Waals surface area contributed by atoms with Crippen LogP contribution in [0.5, 0.6) is 0 Å². The number of nitrogens with zero attached hydrogens (tertiary/aromatic N) is 2. The van der Waals surface area contributed by atoms with E-state index in [1.54, 1.807) is 6.07 Å². The minimum absolute atomic E-state index is 0.0119. The van der Waals surface area contributed by atoms with E-state index in [0.29, 0.717) is 0 Å². The molecule has 25 heavy (non-hydrogen) atoms. The number of nitro benzene ring substituents is 1. The lowest BCUT2D eigenvalue weighted by Gasteiger charge is -2.26. The number of carbonyl (C=O) groups excluding carboxylic acids is 2. The van der Waals surface area contributed by atoms with Gasteiger partial charge in [-0.25, -0.2) is 0 Å². The molecule has 0 saturated carbocycles. The van der Waals surface area contributed by atoms with Gasteiger partial charge >= 0.3 is 0 Å². The Hall–Kier alpha value is -2.74. The summed E-state index contributed by atoms with van der Waals surface area (Å²) in [5.74, 6) is -1.77. The SMILES string of the molecule is CC(C)CC(=O)C1=C(O)C(=O)N(CCN)C1c1ccccc1[N+](=O)[O-]. The second kappa shape index (κ2) is 7.43. The first-order valence-electron chi connectivity index (χ1n) is 8.00. The third-order valence-corrected chi connectivity index (χ3v) is 4.00. The zero-order chi connectivity index (χ0) is 18.7. The second-order valence-electron chi connectivity index (χ2n) is 6.29. The molecule has 1 heterocycles. The van der Waals surface area contributed by atoms with Crippen LogP contribution in [0.25, 0.3) is 0 Å². The Labute approximate surface area is 145 Å². The number of amides is 1. The van der Waals surface area contributed by atoms with E-state index >= 15 is 0 Å². The van der Waals surface area contributed by atoms with Crippen molar-refractivity contribution in [3.8, 4) is 0 Å². The van der Waals surface area contributed by atoms with Crippen LogP contribution in [-0.2, 0) is 9.59 Å². The van der Waals surface area contributed by atoms with Crippen LogP contribution in [0.3, 0.4) is 0 Å². The van der Waals surface area contributed by atoms with Gasteiger partial charge < -0.3 is 15.7 Å². The average molecular weight is 347 g/mol. The van der Waals surface area contributed by atoms with Crippen molar-refractivity contribution in [3.05, 3.63) is 51.3 Å². The largest absolute Gasteiger partial charge is 0.503 e. The number of aliphatic hydroxyl groups is 1. The molecule has 134 valence electrons. The van der Waals surface area contributed by atoms with E-state index in [9.17, 15) is 24.8 Å². The number of nitro groups is 1. The van der Waals surface area contributed by atoms with Gasteiger partial charge in [0.2, 0.25) is 0 Å². The van der Waals surface area contributed by atoms with Gasteiger partial charge in [0.05, 0.1) is 22.1 Å². The van der Waals surface area contributed by atoms with Crippen molar-refractivity contribution < 1.29 is 19.6 Å². The minimum atomic E-state index is -1.01. The third-order valence-electron chi connectivity index (χ3n) is 4.00. The van der Waals surface area contributed by atoms with E-state index in [0.717, 1.165) is 0 Å². The molecule has 8 heteroatoms. The highest BCUT2D eigenvalue weighted by atomic mass is 16.6. The molecule has 1 aliphatic rings. The lowest BCUT2D eigenvalue weighted by Crippen LogP contribution is -2.35. The summed E-state index contributed by atoms with van der Waals surface area (Å²) >= 11 is 0. The van der Waals surface area contributed by atoms with E-state index in [-0.39, 0.29) is 42.3 Å². The van der Waals surface area contributed by atoms with Gasteiger partial charge in [0.25, 0.3) is 11.6 Å². The Kier molecular flexibility index (Phi) is 5.53. The van der Waals surface area contributed by atoms with Crippen molar-refractivity contribution in [1.29, 1.82) is 0 Å². The Morgan fingerprint density at radius 2 is 2.04 bits per heavy atom. The summed E-state index contributed by atoms with van der Waals surface area (Å²) in [5, 5.41) is 21.6. The molecule has 2 rings (SSSR count). The van der Waals surface area contributed by atoms with Crippen molar-refractivity contribution >= 4 is 17.4 Å². The summed E-state index contributed by atoms with van der Waals surface area (Å²) in [6, 6.07) is 4.88. The Morgan fingerprint density at radius 1 is 1.40 bits per heavy atom. The normalized spacial score (nSPS) is 17.5. The molecule has 0 radical (unpaired) electrons. The lowest BCUT2D eigenvalue weighted by atomic mass is 9.91. The molecule has 0 bridgehead atoms. The maximum Gasteiger partial charge on any atom is 0.290 e. The van der Waals surface area contributed by atoms with Crippen molar-refractivity contribution in [2.24, 2.45) is 11.7 Å². The molecule has 1 atom stereocenters. The third kappa shape index (κ3) is 3.53. The van der Waals surface area contributed by atoms with Crippen LogP contribution in [0.2, 0.25) is 0 Å². The smallest absolute Gasteiger partial charge is 0.290 e. The summed E-state index contributed by atoms with van der Waals surface area (Å²) < 4.78 is 0. The van der Waals surface area contributed by atoms with E-state index in [2.05, 4.69) is 0 Å². The van der Waals surface area contributed by atoms with Gasteiger partial charge in [0.15, 0.2) is 11.5 Å². The predicted octanol–water partition coefficient (Wildman–Crippen LogP) is 1.86. The Bertz CT molecular complexity index is 742. The average Bonchev–Trinajstić information content (AvgIpc) is 2.79. The van der Waals surface area contributed by atoms with E-state index in [1.165, 1.54) is 23.1 Å². The zero-order valence-electron chi connectivity index (χ0n) is 14.1. The van der Waals surface area contributed by atoms with Crippen molar-refractivity contribution in [2.75, 3.05) is 13.1 Å². The molecule has 0 spiro atoms. The van der Waals surface area contributed by atoms with E-state index < -0.39 is 28.4 Å². The van der Waals surface area contributed by atoms with Gasteiger partial charge in [-0.3, -0.25) is 19.7 Å². The Balaban J connectivity index is 2.62. The minimum Gasteiger partial charge on any atom is -0.503 e. The van der Waals surface area contributed by atoms with Crippen LogP contribution in [-0.4, -0.2) is 39.7 Å². The topological polar surface area (TPSA) is 127 Å². The highest BCUT2D eigenvalue weighted by molar-refractivity contribution is 6.09. The number of hydrogen-bond acceptors (Lipinski definition) is 6. The number of rotatable bonds is 7. The zero-order valence-corrected chi connectivity index (χ0v) is 14.1. The first kappa shape index (κ1) is 18.6. The number of para-hydroxylation sites is 1. The van der Waals surface area contributed by atoms with Crippen molar-refractivity contribution in [1.82, 2.24) is 4.90 Å². The molecular weight excluding hydrogens is 326 g/mol. The van der Waals surface area contributed by atoms with Crippen LogP contribution in [0, 0.1) is 16.0 Å². The second-order valence-corrected chi connectivity index (χ2v) is 6.29. The molecule has 1 aromatic rings. The Morgan fingerprint density at radius 3 is 2.60 bits per heavy atom. The maximum atomic E-state index is 12.6. The monoisotopic (exact) mass is 347 g/mol. The molecule has 1 amide bonds. The van der Waals surface area contributed by atoms with Crippen LogP contribution in [0.1, 0.15) is 31.9 Å². The number of hydrogen-bond donors (Lipinski definition) is 2. The maximum absolute atomic E-state index is 12.6. The molecule has 1 aromatic carbocycles. The van der Waals surface area contributed by atoms with Gasteiger partial charge in [-0.15, -0.1) is 0 Å². The number of aliphatic hydroxyl groups excluding tert-OH is 1. The lowest BCUT2D eigenvalue weighted by molar-refractivity contribution is -0.385. The van der Waals surface area contributed by atoms with Crippen LogP contribution >= 0.6 is 0 Å². The highest BCUT2D eigenvalue weighted by Crippen LogP contribution is 2.41.